The van der Waals surface area contributed by atoms with E-state index >= 15 is 0 Å². The van der Waals surface area contributed by atoms with Crippen LogP contribution in [0, 0.1) is 13.8 Å². The van der Waals surface area contributed by atoms with E-state index in [0.717, 1.165) is 28.1 Å². The molecule has 0 unspecified atom stereocenters. The zero-order chi connectivity index (χ0) is 24.4. The number of hydrogen-bond acceptors (Lipinski definition) is 6. The number of tetrazole rings is 1. The minimum absolute atomic E-state index is 0.285. The van der Waals surface area contributed by atoms with Crippen LogP contribution in [0.3, 0.4) is 0 Å². The summed E-state index contributed by atoms with van der Waals surface area (Å²) in [5.74, 6) is 0.399. The number of carbonyl (C=O) groups excluding carboxylic acids is 1. The molecule has 0 fully saturated rings. The summed E-state index contributed by atoms with van der Waals surface area (Å²) in [6, 6.07) is 21.0. The van der Waals surface area contributed by atoms with Gasteiger partial charge in [-0.1, -0.05) is 35.9 Å². The highest BCUT2D eigenvalue weighted by Gasteiger charge is 2.20. The minimum Gasteiger partial charge on any atom is -0.497 e. The lowest BCUT2D eigenvalue weighted by Gasteiger charge is -2.10. The molecule has 1 amide bonds. The monoisotopic (exact) mass is 465 g/mol. The van der Waals surface area contributed by atoms with E-state index in [1.165, 1.54) is 6.33 Å². The van der Waals surface area contributed by atoms with E-state index in [2.05, 4.69) is 20.8 Å². The second-order valence-corrected chi connectivity index (χ2v) is 8.11. The van der Waals surface area contributed by atoms with Crippen LogP contribution in [-0.4, -0.2) is 43.0 Å². The minimum atomic E-state index is -0.285. The summed E-state index contributed by atoms with van der Waals surface area (Å²) in [5.41, 5.74) is 6.12. The Kier molecular flexibility index (Phi) is 5.80. The average molecular weight is 466 g/mol. The number of methoxy groups -OCH3 is 1. The first-order valence-electron chi connectivity index (χ1n) is 11.0. The molecule has 5 aromatic rings. The maximum atomic E-state index is 13.5. The number of amides is 1. The van der Waals surface area contributed by atoms with Crippen LogP contribution in [0.5, 0.6) is 5.75 Å². The van der Waals surface area contributed by atoms with Crippen LogP contribution >= 0.6 is 0 Å². The second-order valence-electron chi connectivity index (χ2n) is 8.11. The lowest BCUT2D eigenvalue weighted by Crippen LogP contribution is -2.13. The number of ether oxygens (including phenoxy) is 1. The van der Waals surface area contributed by atoms with Crippen molar-refractivity contribution in [2.45, 2.75) is 13.8 Å². The molecule has 9 nitrogen and oxygen atoms in total. The van der Waals surface area contributed by atoms with Crippen molar-refractivity contribution < 1.29 is 9.53 Å². The fourth-order valence-corrected chi connectivity index (χ4v) is 3.76. The van der Waals surface area contributed by atoms with Crippen LogP contribution in [0.15, 0.2) is 79.3 Å². The van der Waals surface area contributed by atoms with Gasteiger partial charge in [0.05, 0.1) is 24.0 Å². The van der Waals surface area contributed by atoms with Crippen molar-refractivity contribution in [3.8, 4) is 28.4 Å². The molecule has 0 atom stereocenters. The Labute approximate surface area is 202 Å². The highest BCUT2D eigenvalue weighted by atomic mass is 16.5. The van der Waals surface area contributed by atoms with Gasteiger partial charge in [0.2, 0.25) is 0 Å². The number of nitrogens with one attached hydrogen (secondary N) is 1. The number of aromatic nitrogens is 6. The van der Waals surface area contributed by atoms with Gasteiger partial charge < -0.3 is 10.1 Å². The summed E-state index contributed by atoms with van der Waals surface area (Å²) in [7, 11) is 1.61. The third-order valence-corrected chi connectivity index (χ3v) is 5.66. The highest BCUT2D eigenvalue weighted by molar-refractivity contribution is 6.08. The van der Waals surface area contributed by atoms with E-state index in [1.807, 2.05) is 80.6 Å². The van der Waals surface area contributed by atoms with Crippen molar-refractivity contribution in [2.24, 2.45) is 0 Å². The topological polar surface area (TPSA) is 99.8 Å². The molecule has 5 rings (SSSR count). The van der Waals surface area contributed by atoms with Crippen molar-refractivity contribution in [3.05, 3.63) is 95.9 Å². The van der Waals surface area contributed by atoms with E-state index in [1.54, 1.807) is 22.7 Å². The molecule has 0 saturated heterocycles. The molecule has 0 aliphatic heterocycles. The van der Waals surface area contributed by atoms with Gasteiger partial charge in [-0.2, -0.15) is 5.10 Å². The standard InChI is InChI=1S/C26H23N7O2/c1-17-7-11-21(12-8-17)32-15-23(25(29-32)19-5-4-6-22(13-19)35-3)26(34)28-20-10-9-18(2)24(14-20)33-16-27-30-31-33/h4-16H,1-3H3,(H,28,34). The SMILES string of the molecule is COc1cccc(-c2nn(-c3ccc(C)cc3)cc2C(=O)Nc2ccc(C)c(-n3cnnn3)c2)c1. The molecular formula is C26H23N7O2. The Bertz CT molecular complexity index is 1490. The summed E-state index contributed by atoms with van der Waals surface area (Å²) < 4.78 is 8.65. The lowest BCUT2D eigenvalue weighted by molar-refractivity contribution is 0.102. The zero-order valence-electron chi connectivity index (χ0n) is 19.5. The van der Waals surface area contributed by atoms with Crippen molar-refractivity contribution in [1.82, 2.24) is 30.0 Å². The summed E-state index contributed by atoms with van der Waals surface area (Å²) in [5, 5.41) is 19.1. The van der Waals surface area contributed by atoms with Crippen LogP contribution in [0.2, 0.25) is 0 Å². The first-order chi connectivity index (χ1) is 17.0. The van der Waals surface area contributed by atoms with Gasteiger partial charge in [-0.3, -0.25) is 4.79 Å². The fourth-order valence-electron chi connectivity index (χ4n) is 3.76. The van der Waals surface area contributed by atoms with Crippen molar-refractivity contribution in [2.75, 3.05) is 12.4 Å². The lowest BCUT2D eigenvalue weighted by atomic mass is 10.1. The Morgan fingerprint density at radius 3 is 2.54 bits per heavy atom. The molecule has 2 heterocycles. The molecule has 0 radical (unpaired) electrons. The molecule has 1 N–H and O–H groups in total. The zero-order valence-corrected chi connectivity index (χ0v) is 19.5. The van der Waals surface area contributed by atoms with Gasteiger partial charge in [-0.25, -0.2) is 9.36 Å². The van der Waals surface area contributed by atoms with Gasteiger partial charge in [0.1, 0.15) is 17.8 Å². The van der Waals surface area contributed by atoms with Gasteiger partial charge in [-0.15, -0.1) is 5.10 Å². The Balaban J connectivity index is 1.54. The quantitative estimate of drug-likeness (QED) is 0.399. The molecule has 9 heteroatoms. The molecule has 0 aliphatic carbocycles. The average Bonchev–Trinajstić information content (AvgIpc) is 3.56. The Morgan fingerprint density at radius 1 is 0.971 bits per heavy atom. The third kappa shape index (κ3) is 4.51. The normalized spacial score (nSPS) is 10.8. The van der Waals surface area contributed by atoms with Crippen LogP contribution in [0.25, 0.3) is 22.6 Å². The second kappa shape index (κ2) is 9.22. The van der Waals surface area contributed by atoms with E-state index in [-0.39, 0.29) is 5.91 Å². The van der Waals surface area contributed by atoms with Crippen molar-refractivity contribution in [3.63, 3.8) is 0 Å². The summed E-state index contributed by atoms with van der Waals surface area (Å²) in [6.45, 7) is 3.98. The van der Waals surface area contributed by atoms with Crippen LogP contribution in [0.1, 0.15) is 21.5 Å². The van der Waals surface area contributed by atoms with Crippen molar-refractivity contribution >= 4 is 11.6 Å². The van der Waals surface area contributed by atoms with Crippen molar-refractivity contribution in [1.29, 1.82) is 0 Å². The van der Waals surface area contributed by atoms with Gasteiger partial charge >= 0.3 is 0 Å². The summed E-state index contributed by atoms with van der Waals surface area (Å²) in [6.07, 6.45) is 3.26. The van der Waals surface area contributed by atoms with E-state index < -0.39 is 0 Å². The molecule has 0 bridgehead atoms. The molecule has 3 aromatic carbocycles. The summed E-state index contributed by atoms with van der Waals surface area (Å²) in [4.78, 5) is 13.5. The molecule has 0 saturated carbocycles. The van der Waals surface area contributed by atoms with Gasteiger partial charge in [0.15, 0.2) is 0 Å². The van der Waals surface area contributed by atoms with E-state index in [0.29, 0.717) is 22.7 Å². The van der Waals surface area contributed by atoms with Crippen LogP contribution < -0.4 is 10.1 Å². The predicted octanol–water partition coefficient (Wildman–Crippen LogP) is 4.39. The number of benzene rings is 3. The van der Waals surface area contributed by atoms with Gasteiger partial charge in [0.25, 0.3) is 5.91 Å². The number of nitrogens with zero attached hydrogens (tertiary/aromatic N) is 6. The fraction of sp³-hybridized carbons (Fsp3) is 0.115. The molecule has 2 aromatic heterocycles. The predicted molar refractivity (Wildman–Crippen MR) is 132 cm³/mol. The number of rotatable bonds is 6. The molecule has 0 aliphatic rings. The molecular weight excluding hydrogens is 442 g/mol. The van der Waals surface area contributed by atoms with Crippen LogP contribution in [-0.2, 0) is 0 Å². The number of aryl methyl sites for hydroxylation is 2. The van der Waals surface area contributed by atoms with E-state index in [4.69, 9.17) is 9.84 Å². The van der Waals surface area contributed by atoms with Gasteiger partial charge in [-0.05, 0) is 66.2 Å². The maximum Gasteiger partial charge on any atom is 0.259 e. The highest BCUT2D eigenvalue weighted by Crippen LogP contribution is 2.28. The van der Waals surface area contributed by atoms with Gasteiger partial charge in [0, 0.05) is 17.4 Å². The first-order valence-corrected chi connectivity index (χ1v) is 11.0. The number of hydrogen-bond donors (Lipinski definition) is 1. The summed E-state index contributed by atoms with van der Waals surface area (Å²) >= 11 is 0. The van der Waals surface area contributed by atoms with E-state index in [9.17, 15) is 4.79 Å². The number of carbonyl (C=O) groups is 1. The molecule has 174 valence electrons. The maximum absolute atomic E-state index is 13.5. The van der Waals surface area contributed by atoms with Crippen LogP contribution in [0.4, 0.5) is 5.69 Å². The smallest absolute Gasteiger partial charge is 0.259 e. The first kappa shape index (κ1) is 22.0. The Hall–Kier alpha value is -4.79. The third-order valence-electron chi connectivity index (χ3n) is 5.66. The largest absolute Gasteiger partial charge is 0.497 e. The number of anilines is 1. The Morgan fingerprint density at radius 2 is 1.80 bits per heavy atom. The molecule has 0 spiro atoms. The molecule has 35 heavy (non-hydrogen) atoms.